The van der Waals surface area contributed by atoms with E-state index in [4.69, 9.17) is 4.74 Å². The van der Waals surface area contributed by atoms with Crippen molar-refractivity contribution in [2.75, 3.05) is 0 Å². The summed E-state index contributed by atoms with van der Waals surface area (Å²) in [4.78, 5) is 40.0. The number of amides is 2. The number of nitrogens with zero attached hydrogens (tertiary/aromatic N) is 2. The number of fused-ring (bicyclic) bond motifs is 5. The largest absolute Gasteiger partial charge is 0.503 e. The summed E-state index contributed by atoms with van der Waals surface area (Å²) in [6.07, 6.45) is 3.37. The molecule has 31 heavy (non-hydrogen) atoms. The number of ether oxygens (including phenoxy) is 1. The fraction of sp³-hybridized carbons (Fsp3) is 0.409. The van der Waals surface area contributed by atoms with E-state index in [0.717, 1.165) is 19.3 Å². The van der Waals surface area contributed by atoms with Gasteiger partial charge < -0.3 is 24.6 Å². The zero-order chi connectivity index (χ0) is 21.9. The number of pyridine rings is 1. The SMILES string of the molecule is Cc1ccc(CNC(=O)c2cn3c(c(O)c2=O)C(=O)N2[C@@H]4CC[C@@H](C4)O[C@H]2C3)cc1F. The molecule has 5 rings (SSSR count). The number of carbonyl (C=O) groups excluding carboxylic acids is 2. The van der Waals surface area contributed by atoms with Crippen molar-refractivity contribution >= 4 is 11.8 Å². The van der Waals surface area contributed by atoms with Gasteiger partial charge >= 0.3 is 0 Å². The molecule has 2 aromatic rings. The number of aromatic hydroxyl groups is 1. The van der Waals surface area contributed by atoms with Gasteiger partial charge in [0.1, 0.15) is 11.4 Å². The van der Waals surface area contributed by atoms with Crippen molar-refractivity contribution in [3.05, 3.63) is 62.8 Å². The van der Waals surface area contributed by atoms with Gasteiger partial charge in [-0.3, -0.25) is 14.4 Å². The first-order valence-electron chi connectivity index (χ1n) is 10.3. The number of hydrogen-bond donors (Lipinski definition) is 2. The Morgan fingerprint density at radius 3 is 2.90 bits per heavy atom. The molecule has 0 radical (unpaired) electrons. The summed E-state index contributed by atoms with van der Waals surface area (Å²) in [6.45, 7) is 1.88. The lowest BCUT2D eigenvalue weighted by Crippen LogP contribution is -2.57. The molecule has 2 fully saturated rings. The van der Waals surface area contributed by atoms with Crippen LogP contribution in [0.2, 0.25) is 0 Å². The normalized spacial score (nSPS) is 24.0. The van der Waals surface area contributed by atoms with E-state index in [0.29, 0.717) is 11.1 Å². The van der Waals surface area contributed by atoms with Crippen LogP contribution in [0.25, 0.3) is 0 Å². The Balaban J connectivity index is 1.42. The molecule has 3 atom stereocenters. The van der Waals surface area contributed by atoms with Crippen LogP contribution in [0.1, 0.15) is 51.2 Å². The number of halogens is 1. The summed E-state index contributed by atoms with van der Waals surface area (Å²) < 4.78 is 21.1. The van der Waals surface area contributed by atoms with Gasteiger partial charge in [-0.2, -0.15) is 0 Å². The Kier molecular flexibility index (Phi) is 4.58. The van der Waals surface area contributed by atoms with Crippen molar-refractivity contribution in [1.29, 1.82) is 0 Å². The Morgan fingerprint density at radius 2 is 2.13 bits per heavy atom. The molecule has 9 heteroatoms. The molecule has 162 valence electrons. The number of aromatic nitrogens is 1. The monoisotopic (exact) mass is 427 g/mol. The molecule has 2 N–H and O–H groups in total. The minimum Gasteiger partial charge on any atom is -0.503 e. The molecule has 1 aliphatic carbocycles. The lowest BCUT2D eigenvalue weighted by atomic mass is 10.1. The molecule has 0 unspecified atom stereocenters. The van der Waals surface area contributed by atoms with E-state index in [-0.39, 0.29) is 42.3 Å². The van der Waals surface area contributed by atoms with Crippen molar-refractivity contribution in [2.45, 2.75) is 57.6 Å². The third-order valence-electron chi connectivity index (χ3n) is 6.39. The van der Waals surface area contributed by atoms with Crippen LogP contribution in [0.3, 0.4) is 0 Å². The second kappa shape index (κ2) is 7.19. The molecule has 1 aromatic heterocycles. The quantitative estimate of drug-likeness (QED) is 0.776. The van der Waals surface area contributed by atoms with Gasteiger partial charge in [-0.05, 0) is 43.4 Å². The molecule has 2 amide bonds. The first-order chi connectivity index (χ1) is 14.8. The van der Waals surface area contributed by atoms with Crippen molar-refractivity contribution < 1.29 is 23.8 Å². The van der Waals surface area contributed by atoms with Crippen LogP contribution in [0.4, 0.5) is 4.39 Å². The van der Waals surface area contributed by atoms with Gasteiger partial charge in [-0.15, -0.1) is 0 Å². The van der Waals surface area contributed by atoms with Crippen LogP contribution < -0.4 is 10.7 Å². The highest BCUT2D eigenvalue weighted by Crippen LogP contribution is 2.38. The maximum atomic E-state index is 13.7. The predicted octanol–water partition coefficient (Wildman–Crippen LogP) is 1.66. The zero-order valence-corrected chi connectivity index (χ0v) is 16.9. The summed E-state index contributed by atoms with van der Waals surface area (Å²) in [6, 6.07) is 4.63. The van der Waals surface area contributed by atoms with Crippen LogP contribution in [0.15, 0.2) is 29.2 Å². The maximum Gasteiger partial charge on any atom is 0.276 e. The maximum absolute atomic E-state index is 13.7. The van der Waals surface area contributed by atoms with Crippen LogP contribution >= 0.6 is 0 Å². The molecular weight excluding hydrogens is 405 g/mol. The van der Waals surface area contributed by atoms with Gasteiger partial charge in [0.15, 0.2) is 17.7 Å². The van der Waals surface area contributed by atoms with E-state index < -0.39 is 29.2 Å². The van der Waals surface area contributed by atoms with Crippen LogP contribution in [0, 0.1) is 12.7 Å². The van der Waals surface area contributed by atoms with E-state index in [1.54, 1.807) is 24.0 Å². The van der Waals surface area contributed by atoms with Crippen LogP contribution in [-0.4, -0.2) is 44.8 Å². The number of aryl methyl sites for hydroxylation is 1. The Bertz CT molecular complexity index is 1160. The molecular formula is C22H22FN3O5. The average Bonchev–Trinajstić information content (AvgIpc) is 3.11. The van der Waals surface area contributed by atoms with Gasteiger partial charge in [-0.25, -0.2) is 4.39 Å². The fourth-order valence-electron chi connectivity index (χ4n) is 4.74. The molecule has 2 aliphatic heterocycles. The molecule has 1 aromatic carbocycles. The third kappa shape index (κ3) is 3.20. The summed E-state index contributed by atoms with van der Waals surface area (Å²) >= 11 is 0. The van der Waals surface area contributed by atoms with E-state index in [9.17, 15) is 23.9 Å². The summed E-state index contributed by atoms with van der Waals surface area (Å²) in [7, 11) is 0. The lowest BCUT2D eigenvalue weighted by molar-refractivity contribution is -0.132. The van der Waals surface area contributed by atoms with Crippen molar-refractivity contribution in [2.24, 2.45) is 0 Å². The first kappa shape index (κ1) is 19.7. The topological polar surface area (TPSA) is 101 Å². The minimum absolute atomic E-state index is 0.0137. The standard InChI is InChI=1S/C22H22FN3O5/c1-11-2-3-12(6-16(11)23)8-24-21(29)15-9-25-10-17-26(13-4-5-14(7-13)31-17)22(30)18(25)20(28)19(15)27/h2-3,6,9,13-14,17,28H,4-5,7-8,10H2,1H3,(H,24,29)/t13-,14+,17+/m1/s1. The molecule has 3 aliphatic rings. The van der Waals surface area contributed by atoms with Gasteiger partial charge in [-0.1, -0.05) is 12.1 Å². The van der Waals surface area contributed by atoms with E-state index in [1.807, 2.05) is 0 Å². The minimum atomic E-state index is -0.909. The summed E-state index contributed by atoms with van der Waals surface area (Å²) in [5.41, 5.74) is -0.283. The van der Waals surface area contributed by atoms with Gasteiger partial charge in [0.25, 0.3) is 11.8 Å². The lowest BCUT2D eigenvalue weighted by Gasteiger charge is -2.44. The molecule has 3 heterocycles. The second-order valence-corrected chi connectivity index (χ2v) is 8.38. The van der Waals surface area contributed by atoms with Crippen LogP contribution in [0.5, 0.6) is 5.75 Å². The number of hydrogen-bond acceptors (Lipinski definition) is 5. The van der Waals surface area contributed by atoms with Crippen molar-refractivity contribution in [3.63, 3.8) is 0 Å². The highest BCUT2D eigenvalue weighted by Gasteiger charge is 2.47. The van der Waals surface area contributed by atoms with E-state index in [1.165, 1.54) is 16.8 Å². The second-order valence-electron chi connectivity index (χ2n) is 8.38. The highest BCUT2D eigenvalue weighted by atomic mass is 19.1. The number of carbonyl (C=O) groups is 2. The zero-order valence-electron chi connectivity index (χ0n) is 16.9. The van der Waals surface area contributed by atoms with Gasteiger partial charge in [0.05, 0.1) is 12.6 Å². The van der Waals surface area contributed by atoms with Crippen LogP contribution in [-0.2, 0) is 17.8 Å². The first-order valence-corrected chi connectivity index (χ1v) is 10.3. The summed E-state index contributed by atoms with van der Waals surface area (Å²) in [5.74, 6) is -2.30. The molecule has 8 nitrogen and oxygen atoms in total. The van der Waals surface area contributed by atoms with E-state index in [2.05, 4.69) is 5.32 Å². The van der Waals surface area contributed by atoms with E-state index >= 15 is 0 Å². The smallest absolute Gasteiger partial charge is 0.276 e. The Morgan fingerprint density at radius 1 is 1.32 bits per heavy atom. The molecule has 2 bridgehead atoms. The highest BCUT2D eigenvalue weighted by molar-refractivity contribution is 5.99. The van der Waals surface area contributed by atoms with Crippen molar-refractivity contribution in [3.8, 4) is 5.75 Å². The predicted molar refractivity (Wildman–Crippen MR) is 107 cm³/mol. The fourth-order valence-corrected chi connectivity index (χ4v) is 4.74. The molecule has 1 saturated heterocycles. The van der Waals surface area contributed by atoms with Crippen molar-refractivity contribution in [1.82, 2.24) is 14.8 Å². The van der Waals surface area contributed by atoms with Gasteiger partial charge in [0.2, 0.25) is 5.43 Å². The number of rotatable bonds is 3. The average molecular weight is 427 g/mol. The Hall–Kier alpha value is -3.20. The number of nitrogens with one attached hydrogen (secondary N) is 1. The Labute approximate surface area is 177 Å². The summed E-state index contributed by atoms with van der Waals surface area (Å²) in [5, 5.41) is 13.1. The molecule has 1 saturated carbocycles. The molecule has 0 spiro atoms. The number of benzene rings is 1. The van der Waals surface area contributed by atoms with Gasteiger partial charge in [0, 0.05) is 18.8 Å². The third-order valence-corrected chi connectivity index (χ3v) is 6.39.